The smallest absolute Gasteiger partial charge is 0.167 e. The second kappa shape index (κ2) is 6.08. The van der Waals surface area contributed by atoms with Gasteiger partial charge in [0.2, 0.25) is 0 Å². The molecule has 0 saturated carbocycles. The van der Waals surface area contributed by atoms with Gasteiger partial charge in [0.25, 0.3) is 0 Å². The number of ketones is 1. The molecule has 0 aromatic heterocycles. The molecule has 0 aromatic rings. The lowest BCUT2D eigenvalue weighted by molar-refractivity contribution is -0.160. The van der Waals surface area contributed by atoms with Crippen molar-refractivity contribution in [3.63, 3.8) is 0 Å². The first-order valence-corrected chi connectivity index (χ1v) is 9.13. The van der Waals surface area contributed by atoms with Crippen LogP contribution in [0.15, 0.2) is 22.8 Å². The SMILES string of the molecule is CC1=C2CC/C(C)=C/CC[C@@](C)(O)[C@H]3CC[C@@](C)(O3)[C@H](C2=O)[C@@H]1O. The van der Waals surface area contributed by atoms with E-state index in [-0.39, 0.29) is 11.9 Å². The molecule has 1 fully saturated rings. The van der Waals surface area contributed by atoms with Crippen molar-refractivity contribution in [2.75, 3.05) is 0 Å². The van der Waals surface area contributed by atoms with E-state index in [0.717, 1.165) is 30.4 Å². The molecule has 2 aliphatic heterocycles. The first-order chi connectivity index (χ1) is 11.2. The van der Waals surface area contributed by atoms with Crippen LogP contribution in [0.1, 0.15) is 66.2 Å². The van der Waals surface area contributed by atoms with Crippen molar-refractivity contribution in [2.24, 2.45) is 5.92 Å². The Hall–Kier alpha value is -0.970. The maximum Gasteiger partial charge on any atom is 0.167 e. The molecule has 0 spiro atoms. The summed E-state index contributed by atoms with van der Waals surface area (Å²) < 4.78 is 6.25. The molecule has 4 bridgehead atoms. The van der Waals surface area contributed by atoms with Crippen LogP contribution in [-0.4, -0.2) is 39.4 Å². The highest BCUT2D eigenvalue weighted by atomic mass is 16.5. The first kappa shape index (κ1) is 17.8. The summed E-state index contributed by atoms with van der Waals surface area (Å²) >= 11 is 0. The summed E-state index contributed by atoms with van der Waals surface area (Å²) in [6, 6.07) is 0. The summed E-state index contributed by atoms with van der Waals surface area (Å²) in [4.78, 5) is 13.0. The maximum atomic E-state index is 13.0. The van der Waals surface area contributed by atoms with E-state index in [1.165, 1.54) is 5.57 Å². The number of fused-ring (bicyclic) bond motifs is 5. The van der Waals surface area contributed by atoms with Crippen LogP contribution in [0.4, 0.5) is 0 Å². The van der Waals surface area contributed by atoms with Gasteiger partial charge >= 0.3 is 0 Å². The largest absolute Gasteiger partial charge is 0.388 e. The van der Waals surface area contributed by atoms with Gasteiger partial charge in [-0.3, -0.25) is 4.79 Å². The minimum atomic E-state index is -0.916. The molecule has 1 aliphatic carbocycles. The average Bonchev–Trinajstić information content (AvgIpc) is 2.98. The summed E-state index contributed by atoms with van der Waals surface area (Å²) in [6.07, 6.45) is 5.46. The minimum absolute atomic E-state index is 0.0369. The standard InChI is InChI=1S/C20H30O4/c1-12-6-5-10-19(3,23)15-9-11-20(4,24-15)16-17(21)13(2)14(8-7-12)18(16)22/h6,15-17,21,23H,5,7-11H2,1-4H3/b12-6+/t15-,16+,17-,19-,20-/m1/s1. The van der Waals surface area contributed by atoms with Crippen molar-refractivity contribution < 1.29 is 19.7 Å². The van der Waals surface area contributed by atoms with Gasteiger partial charge in [-0.1, -0.05) is 11.6 Å². The van der Waals surface area contributed by atoms with Gasteiger partial charge < -0.3 is 14.9 Å². The molecular weight excluding hydrogens is 304 g/mol. The van der Waals surface area contributed by atoms with Crippen LogP contribution in [0.3, 0.4) is 0 Å². The Morgan fingerprint density at radius 1 is 1.21 bits per heavy atom. The van der Waals surface area contributed by atoms with E-state index in [1.54, 1.807) is 0 Å². The van der Waals surface area contributed by atoms with Crippen LogP contribution in [0.5, 0.6) is 0 Å². The Kier molecular flexibility index (Phi) is 4.52. The predicted octanol–water partition coefficient (Wildman–Crippen LogP) is 3.07. The highest BCUT2D eigenvalue weighted by molar-refractivity contribution is 6.02. The number of hydrogen-bond donors (Lipinski definition) is 2. The van der Waals surface area contributed by atoms with Gasteiger partial charge in [0.05, 0.1) is 29.3 Å². The highest BCUT2D eigenvalue weighted by Crippen LogP contribution is 2.47. The van der Waals surface area contributed by atoms with Crippen LogP contribution in [-0.2, 0) is 9.53 Å². The Bertz CT molecular complexity index is 601. The number of Topliss-reactive ketones (excluding diaryl/α,β-unsaturated/α-hetero) is 1. The topological polar surface area (TPSA) is 66.8 Å². The molecule has 0 aromatic carbocycles. The lowest BCUT2D eigenvalue weighted by atomic mass is 9.81. The van der Waals surface area contributed by atoms with Crippen molar-refractivity contribution in [1.82, 2.24) is 0 Å². The molecule has 0 radical (unpaired) electrons. The summed E-state index contributed by atoms with van der Waals surface area (Å²) in [5, 5.41) is 21.6. The number of aliphatic hydroxyl groups excluding tert-OH is 1. The number of aliphatic hydroxyl groups is 2. The fourth-order valence-corrected chi connectivity index (χ4v) is 4.61. The molecule has 3 rings (SSSR count). The third-order valence-corrected chi connectivity index (χ3v) is 6.39. The monoisotopic (exact) mass is 334 g/mol. The molecule has 4 nitrogen and oxygen atoms in total. The lowest BCUT2D eigenvalue weighted by Crippen LogP contribution is -2.47. The Morgan fingerprint density at radius 3 is 2.62 bits per heavy atom. The normalized spacial score (nSPS) is 46.2. The minimum Gasteiger partial charge on any atom is -0.388 e. The molecular formula is C20H30O4. The zero-order valence-electron chi connectivity index (χ0n) is 15.3. The van der Waals surface area contributed by atoms with Crippen LogP contribution >= 0.6 is 0 Å². The van der Waals surface area contributed by atoms with Crippen LogP contribution in [0, 0.1) is 5.92 Å². The molecule has 1 saturated heterocycles. The van der Waals surface area contributed by atoms with E-state index in [2.05, 4.69) is 13.0 Å². The van der Waals surface area contributed by atoms with Crippen LogP contribution in [0.2, 0.25) is 0 Å². The molecule has 0 unspecified atom stereocenters. The number of hydrogen-bond acceptors (Lipinski definition) is 4. The quantitative estimate of drug-likeness (QED) is 0.668. The molecule has 2 heterocycles. The van der Waals surface area contributed by atoms with Crippen LogP contribution < -0.4 is 0 Å². The van der Waals surface area contributed by atoms with Gasteiger partial charge in [0, 0.05) is 0 Å². The predicted molar refractivity (Wildman–Crippen MR) is 92.6 cm³/mol. The van der Waals surface area contributed by atoms with Gasteiger partial charge in [-0.15, -0.1) is 0 Å². The number of rotatable bonds is 0. The summed E-state index contributed by atoms with van der Waals surface area (Å²) in [6.45, 7) is 7.69. The molecule has 0 amide bonds. The third kappa shape index (κ3) is 2.89. The van der Waals surface area contributed by atoms with E-state index in [9.17, 15) is 15.0 Å². The van der Waals surface area contributed by atoms with Gasteiger partial charge in [0.15, 0.2) is 5.78 Å². The number of ether oxygens (including phenoxy) is 1. The van der Waals surface area contributed by atoms with Crippen molar-refractivity contribution in [3.8, 4) is 0 Å². The van der Waals surface area contributed by atoms with E-state index in [1.807, 2.05) is 20.8 Å². The van der Waals surface area contributed by atoms with Gasteiger partial charge in [-0.05, 0) is 77.4 Å². The van der Waals surface area contributed by atoms with E-state index in [4.69, 9.17) is 4.74 Å². The van der Waals surface area contributed by atoms with Crippen molar-refractivity contribution >= 4 is 5.78 Å². The van der Waals surface area contributed by atoms with E-state index < -0.39 is 23.2 Å². The maximum absolute atomic E-state index is 13.0. The number of carbonyl (C=O) groups is 1. The summed E-state index contributed by atoms with van der Waals surface area (Å²) in [5.41, 5.74) is 1.19. The number of allylic oxidation sites excluding steroid dienone is 3. The van der Waals surface area contributed by atoms with Gasteiger partial charge in [-0.25, -0.2) is 0 Å². The molecule has 24 heavy (non-hydrogen) atoms. The fraction of sp³-hybridized carbons (Fsp3) is 0.750. The zero-order valence-corrected chi connectivity index (χ0v) is 15.3. The molecule has 2 N–H and O–H groups in total. The molecule has 5 atom stereocenters. The van der Waals surface area contributed by atoms with E-state index in [0.29, 0.717) is 19.3 Å². The van der Waals surface area contributed by atoms with Gasteiger partial charge in [0.1, 0.15) is 0 Å². The Labute approximate surface area is 144 Å². The Morgan fingerprint density at radius 2 is 1.92 bits per heavy atom. The molecule has 3 aliphatic rings. The molecule has 4 heteroatoms. The van der Waals surface area contributed by atoms with Crippen LogP contribution in [0.25, 0.3) is 0 Å². The van der Waals surface area contributed by atoms with Crippen molar-refractivity contribution in [3.05, 3.63) is 22.8 Å². The lowest BCUT2D eigenvalue weighted by Gasteiger charge is -2.36. The average molecular weight is 334 g/mol. The van der Waals surface area contributed by atoms with Crippen molar-refractivity contribution in [2.45, 2.75) is 89.6 Å². The second-order valence-corrected chi connectivity index (χ2v) is 8.35. The number of carbonyl (C=O) groups excluding carboxylic acids is 1. The molecule has 134 valence electrons. The van der Waals surface area contributed by atoms with Crippen molar-refractivity contribution in [1.29, 1.82) is 0 Å². The third-order valence-electron chi connectivity index (χ3n) is 6.39. The first-order valence-electron chi connectivity index (χ1n) is 9.13. The fourth-order valence-electron chi connectivity index (χ4n) is 4.61. The zero-order chi connectivity index (χ0) is 17.7. The second-order valence-electron chi connectivity index (χ2n) is 8.35. The summed E-state index contributed by atoms with van der Waals surface area (Å²) in [7, 11) is 0. The van der Waals surface area contributed by atoms with Gasteiger partial charge in [-0.2, -0.15) is 0 Å². The van der Waals surface area contributed by atoms with E-state index >= 15 is 0 Å². The highest BCUT2D eigenvalue weighted by Gasteiger charge is 2.55. The Balaban J connectivity index is 1.98. The summed E-state index contributed by atoms with van der Waals surface area (Å²) in [5.74, 6) is -0.506.